The Balaban J connectivity index is 2.29. The van der Waals surface area contributed by atoms with Gasteiger partial charge in [0.1, 0.15) is 5.25 Å². The summed E-state index contributed by atoms with van der Waals surface area (Å²) in [6, 6.07) is 10.4. The number of hydrogen-bond acceptors (Lipinski definition) is 5. The zero-order valence-electron chi connectivity index (χ0n) is 9.87. The first kappa shape index (κ1) is 13.3. The van der Waals surface area contributed by atoms with Crippen LogP contribution in [-0.4, -0.2) is 15.9 Å². The summed E-state index contributed by atoms with van der Waals surface area (Å²) < 4.78 is 0. The summed E-state index contributed by atoms with van der Waals surface area (Å²) in [5, 5.41) is -0.207. The SMILES string of the molecule is NNC(=O)C(Sc1nccc(=O)[nH]1)c1ccccc1. The van der Waals surface area contributed by atoms with Crippen molar-refractivity contribution in [3.63, 3.8) is 0 Å². The zero-order chi connectivity index (χ0) is 13.7. The van der Waals surface area contributed by atoms with Crippen LogP contribution in [0.3, 0.4) is 0 Å². The highest BCUT2D eigenvalue weighted by atomic mass is 32.2. The molecule has 1 amide bonds. The van der Waals surface area contributed by atoms with Gasteiger partial charge in [-0.15, -0.1) is 0 Å². The summed E-state index contributed by atoms with van der Waals surface area (Å²) in [6.07, 6.45) is 1.39. The minimum atomic E-state index is -0.572. The molecule has 0 saturated heterocycles. The van der Waals surface area contributed by atoms with Gasteiger partial charge in [-0.1, -0.05) is 42.1 Å². The molecule has 0 radical (unpaired) electrons. The summed E-state index contributed by atoms with van der Waals surface area (Å²) in [5.74, 6) is 4.83. The van der Waals surface area contributed by atoms with Crippen LogP contribution in [0.1, 0.15) is 10.8 Å². The van der Waals surface area contributed by atoms with E-state index in [9.17, 15) is 9.59 Å². The Morgan fingerprint density at radius 3 is 2.68 bits per heavy atom. The molecule has 1 unspecified atom stereocenters. The summed E-state index contributed by atoms with van der Waals surface area (Å²) >= 11 is 1.13. The van der Waals surface area contributed by atoms with E-state index in [-0.39, 0.29) is 11.5 Å². The first-order chi connectivity index (χ1) is 9.20. The van der Waals surface area contributed by atoms with Crippen LogP contribution < -0.4 is 16.8 Å². The molecule has 0 aliphatic carbocycles. The van der Waals surface area contributed by atoms with Crippen molar-refractivity contribution in [2.75, 3.05) is 0 Å². The Hall–Kier alpha value is -2.12. The molecule has 0 bridgehead atoms. The van der Waals surface area contributed by atoms with E-state index >= 15 is 0 Å². The largest absolute Gasteiger partial charge is 0.301 e. The van der Waals surface area contributed by atoms with Crippen LogP contribution in [0.15, 0.2) is 52.5 Å². The van der Waals surface area contributed by atoms with Gasteiger partial charge in [-0.3, -0.25) is 15.0 Å². The molecule has 19 heavy (non-hydrogen) atoms. The van der Waals surface area contributed by atoms with Gasteiger partial charge < -0.3 is 4.98 Å². The number of carbonyl (C=O) groups excluding carboxylic acids is 1. The number of amides is 1. The number of thioether (sulfide) groups is 1. The molecule has 2 rings (SSSR count). The number of nitrogens with zero attached hydrogens (tertiary/aromatic N) is 1. The number of aromatic nitrogens is 2. The number of H-pyrrole nitrogens is 1. The lowest BCUT2D eigenvalue weighted by Crippen LogP contribution is -2.33. The van der Waals surface area contributed by atoms with E-state index in [0.29, 0.717) is 5.16 Å². The van der Waals surface area contributed by atoms with Crippen molar-refractivity contribution in [2.24, 2.45) is 5.84 Å². The first-order valence-corrected chi connectivity index (χ1v) is 6.36. The fourth-order valence-corrected chi connectivity index (χ4v) is 2.47. The van der Waals surface area contributed by atoms with Crippen molar-refractivity contribution in [1.82, 2.24) is 15.4 Å². The van der Waals surface area contributed by atoms with Gasteiger partial charge in [-0.2, -0.15) is 0 Å². The Kier molecular flexibility index (Phi) is 4.32. The summed E-state index contributed by atoms with van der Waals surface area (Å²) in [6.45, 7) is 0. The monoisotopic (exact) mass is 276 g/mol. The zero-order valence-corrected chi connectivity index (χ0v) is 10.7. The maximum absolute atomic E-state index is 11.8. The van der Waals surface area contributed by atoms with Crippen LogP contribution in [0, 0.1) is 0 Å². The van der Waals surface area contributed by atoms with Crippen LogP contribution >= 0.6 is 11.8 Å². The van der Waals surface area contributed by atoms with E-state index in [1.807, 2.05) is 30.3 Å². The number of benzene rings is 1. The fourth-order valence-electron chi connectivity index (χ4n) is 1.50. The van der Waals surface area contributed by atoms with Crippen LogP contribution in [0.2, 0.25) is 0 Å². The lowest BCUT2D eigenvalue weighted by molar-refractivity contribution is -0.120. The van der Waals surface area contributed by atoms with Crippen molar-refractivity contribution in [3.8, 4) is 0 Å². The Bertz CT molecular complexity index is 614. The standard InChI is InChI=1S/C12H12N4O2S/c13-16-11(18)10(8-4-2-1-3-5-8)19-12-14-7-6-9(17)15-12/h1-7,10H,13H2,(H,16,18)(H,14,15,17). The molecule has 98 valence electrons. The summed E-state index contributed by atoms with van der Waals surface area (Å²) in [5.41, 5.74) is 2.63. The number of nitrogens with one attached hydrogen (secondary N) is 2. The molecule has 2 aromatic rings. The van der Waals surface area contributed by atoms with Crippen LogP contribution in [0.4, 0.5) is 0 Å². The minimum Gasteiger partial charge on any atom is -0.301 e. The second-order valence-electron chi connectivity index (χ2n) is 3.66. The molecule has 1 aromatic heterocycles. The highest BCUT2D eigenvalue weighted by Gasteiger charge is 2.22. The number of nitrogens with two attached hydrogens (primary N) is 1. The lowest BCUT2D eigenvalue weighted by atomic mass is 10.1. The third kappa shape index (κ3) is 3.43. The van der Waals surface area contributed by atoms with Crippen molar-refractivity contribution in [1.29, 1.82) is 0 Å². The van der Waals surface area contributed by atoms with Gasteiger partial charge in [0, 0.05) is 12.3 Å². The van der Waals surface area contributed by atoms with E-state index in [0.717, 1.165) is 17.3 Å². The van der Waals surface area contributed by atoms with Gasteiger partial charge in [0.2, 0.25) is 0 Å². The minimum absolute atomic E-state index is 0.266. The molecule has 0 fully saturated rings. The molecule has 6 nitrogen and oxygen atoms in total. The third-order valence-electron chi connectivity index (χ3n) is 2.36. The van der Waals surface area contributed by atoms with Gasteiger partial charge in [0.05, 0.1) is 0 Å². The van der Waals surface area contributed by atoms with Gasteiger partial charge in [0.25, 0.3) is 11.5 Å². The van der Waals surface area contributed by atoms with Gasteiger partial charge in [0.15, 0.2) is 5.16 Å². The normalized spacial score (nSPS) is 11.8. The topological polar surface area (TPSA) is 101 Å². The number of carbonyl (C=O) groups is 1. The number of aromatic amines is 1. The second-order valence-corrected chi connectivity index (χ2v) is 4.75. The van der Waals surface area contributed by atoms with Crippen LogP contribution in [-0.2, 0) is 4.79 Å². The Labute approximate surface area is 113 Å². The van der Waals surface area contributed by atoms with E-state index in [4.69, 9.17) is 5.84 Å². The van der Waals surface area contributed by atoms with Crippen molar-refractivity contribution < 1.29 is 4.79 Å². The van der Waals surface area contributed by atoms with Gasteiger partial charge >= 0.3 is 0 Å². The van der Waals surface area contributed by atoms with E-state index in [1.165, 1.54) is 12.3 Å². The molecule has 7 heteroatoms. The molecule has 0 saturated carbocycles. The Morgan fingerprint density at radius 1 is 1.32 bits per heavy atom. The lowest BCUT2D eigenvalue weighted by Gasteiger charge is -2.14. The average molecular weight is 276 g/mol. The molecular weight excluding hydrogens is 264 g/mol. The average Bonchev–Trinajstić information content (AvgIpc) is 2.45. The maximum atomic E-state index is 11.8. The van der Waals surface area contributed by atoms with Gasteiger partial charge in [-0.05, 0) is 5.56 Å². The second kappa shape index (κ2) is 6.17. The smallest absolute Gasteiger partial charge is 0.251 e. The number of hydrogen-bond donors (Lipinski definition) is 3. The number of hydrazine groups is 1. The summed E-state index contributed by atoms with van der Waals surface area (Å²) in [4.78, 5) is 29.6. The van der Waals surface area contributed by atoms with Crippen molar-refractivity contribution in [3.05, 3.63) is 58.5 Å². The molecule has 1 heterocycles. The van der Waals surface area contributed by atoms with Crippen LogP contribution in [0.5, 0.6) is 0 Å². The molecule has 0 spiro atoms. The highest BCUT2D eigenvalue weighted by Crippen LogP contribution is 2.32. The van der Waals surface area contributed by atoms with E-state index in [2.05, 4.69) is 15.4 Å². The molecule has 1 atom stereocenters. The van der Waals surface area contributed by atoms with Gasteiger partial charge in [-0.25, -0.2) is 10.8 Å². The third-order valence-corrected chi connectivity index (χ3v) is 3.51. The maximum Gasteiger partial charge on any atom is 0.251 e. The van der Waals surface area contributed by atoms with Crippen molar-refractivity contribution >= 4 is 17.7 Å². The van der Waals surface area contributed by atoms with E-state index in [1.54, 1.807) is 0 Å². The predicted molar refractivity (Wildman–Crippen MR) is 72.2 cm³/mol. The molecule has 4 N–H and O–H groups in total. The fraction of sp³-hybridized carbons (Fsp3) is 0.0833. The van der Waals surface area contributed by atoms with Crippen molar-refractivity contribution in [2.45, 2.75) is 10.4 Å². The van der Waals surface area contributed by atoms with E-state index < -0.39 is 5.25 Å². The molecule has 0 aliphatic heterocycles. The predicted octanol–water partition coefficient (Wildman–Crippen LogP) is 0.593. The highest BCUT2D eigenvalue weighted by molar-refractivity contribution is 8.00. The number of rotatable bonds is 4. The Morgan fingerprint density at radius 2 is 2.05 bits per heavy atom. The first-order valence-electron chi connectivity index (χ1n) is 5.48. The van der Waals surface area contributed by atoms with Crippen LogP contribution in [0.25, 0.3) is 0 Å². The summed E-state index contributed by atoms with van der Waals surface area (Å²) in [7, 11) is 0. The molecule has 1 aromatic carbocycles. The molecule has 0 aliphatic rings. The quantitative estimate of drug-likeness (QED) is 0.249. The molecular formula is C12H12N4O2S.